The minimum Gasteiger partial charge on any atom is -0.378 e. The highest BCUT2D eigenvalue weighted by Gasteiger charge is 2.40. The third kappa shape index (κ3) is 3.45. The molecule has 3 aliphatic rings. The minimum absolute atomic E-state index is 0. The summed E-state index contributed by atoms with van der Waals surface area (Å²) in [6, 6.07) is 6.29. The van der Waals surface area contributed by atoms with Gasteiger partial charge in [0.2, 0.25) is 5.95 Å². The van der Waals surface area contributed by atoms with Crippen LogP contribution in [0.1, 0.15) is 16.8 Å². The van der Waals surface area contributed by atoms with E-state index in [-0.39, 0.29) is 30.7 Å². The van der Waals surface area contributed by atoms with E-state index in [1.165, 1.54) is 0 Å². The standard InChI is InChI=1S/C19H25N5O2.2ClH/c1-22-16-3-2-13(18(25)24-5-4-14-11-20-12-17(14)24)10-15(16)21-19(22)23-6-8-26-9-7-23;;/h2-3,10,14,17,20H,4-9,11-12H2,1H3;2*1H/t14-,17+;;/m0../s1. The molecule has 1 aromatic heterocycles. The molecule has 3 saturated heterocycles. The second kappa shape index (κ2) is 8.45. The van der Waals surface area contributed by atoms with Crippen LogP contribution >= 0.6 is 24.8 Å². The number of hydrogen-bond donors (Lipinski definition) is 1. The Hall–Kier alpha value is -1.54. The molecule has 0 radical (unpaired) electrons. The maximum Gasteiger partial charge on any atom is 0.254 e. The minimum atomic E-state index is 0. The molecule has 3 aliphatic heterocycles. The number of carbonyl (C=O) groups excluding carboxylic acids is 1. The molecule has 7 nitrogen and oxygen atoms in total. The summed E-state index contributed by atoms with van der Waals surface area (Å²) in [4.78, 5) is 22.2. The first kappa shape index (κ1) is 21.2. The quantitative estimate of drug-likeness (QED) is 0.789. The molecule has 2 aromatic rings. The van der Waals surface area contributed by atoms with Gasteiger partial charge in [-0.1, -0.05) is 0 Å². The van der Waals surface area contributed by atoms with Crippen LogP contribution in [0.2, 0.25) is 0 Å². The third-order valence-corrected chi connectivity index (χ3v) is 6.10. The number of morpholine rings is 1. The SMILES string of the molecule is Cl.Cl.Cn1c(N2CCOCC2)nc2cc(C(=O)N3CC[C@H]4CNC[C@H]43)ccc21. The van der Waals surface area contributed by atoms with Crippen molar-refractivity contribution in [3.63, 3.8) is 0 Å². The highest BCUT2D eigenvalue weighted by atomic mass is 35.5. The molecular weight excluding hydrogens is 401 g/mol. The third-order valence-electron chi connectivity index (χ3n) is 6.10. The summed E-state index contributed by atoms with van der Waals surface area (Å²) in [6.45, 7) is 6.01. The lowest BCUT2D eigenvalue weighted by Crippen LogP contribution is -2.39. The average Bonchev–Trinajstić information content (AvgIpc) is 3.36. The van der Waals surface area contributed by atoms with E-state index in [4.69, 9.17) is 9.72 Å². The van der Waals surface area contributed by atoms with Crippen molar-refractivity contribution in [3.05, 3.63) is 23.8 Å². The fourth-order valence-electron chi connectivity index (χ4n) is 4.63. The largest absolute Gasteiger partial charge is 0.378 e. The summed E-state index contributed by atoms with van der Waals surface area (Å²) in [7, 11) is 2.04. The van der Waals surface area contributed by atoms with E-state index in [0.717, 1.165) is 74.9 Å². The fourth-order valence-corrected chi connectivity index (χ4v) is 4.63. The number of aryl methyl sites for hydroxylation is 1. The summed E-state index contributed by atoms with van der Waals surface area (Å²) in [5, 5.41) is 3.41. The number of benzene rings is 1. The molecule has 0 spiro atoms. The predicted octanol–water partition coefficient (Wildman–Crippen LogP) is 1.69. The predicted molar refractivity (Wildman–Crippen MR) is 114 cm³/mol. The molecule has 1 amide bonds. The van der Waals surface area contributed by atoms with Crippen molar-refractivity contribution < 1.29 is 9.53 Å². The number of rotatable bonds is 2. The molecule has 0 aliphatic carbocycles. The molecule has 4 heterocycles. The topological polar surface area (TPSA) is 62.6 Å². The van der Waals surface area contributed by atoms with Crippen molar-refractivity contribution in [2.75, 3.05) is 50.8 Å². The van der Waals surface area contributed by atoms with Gasteiger partial charge < -0.3 is 24.4 Å². The Morgan fingerprint density at radius 1 is 1.18 bits per heavy atom. The van der Waals surface area contributed by atoms with Crippen LogP contribution in [0.4, 0.5) is 5.95 Å². The maximum atomic E-state index is 13.1. The zero-order valence-electron chi connectivity index (χ0n) is 16.0. The molecule has 154 valence electrons. The Morgan fingerprint density at radius 2 is 1.96 bits per heavy atom. The van der Waals surface area contributed by atoms with Gasteiger partial charge in [0.1, 0.15) is 0 Å². The second-order valence-electron chi connectivity index (χ2n) is 7.55. The van der Waals surface area contributed by atoms with Gasteiger partial charge in [-0.05, 0) is 30.5 Å². The van der Waals surface area contributed by atoms with Crippen molar-refractivity contribution >= 4 is 47.7 Å². The first-order chi connectivity index (χ1) is 12.7. The highest BCUT2D eigenvalue weighted by Crippen LogP contribution is 2.29. The summed E-state index contributed by atoms with van der Waals surface area (Å²) in [6.07, 6.45) is 1.11. The highest BCUT2D eigenvalue weighted by molar-refractivity contribution is 5.98. The number of likely N-dealkylation sites (tertiary alicyclic amines) is 1. The average molecular weight is 428 g/mol. The first-order valence-corrected chi connectivity index (χ1v) is 9.53. The van der Waals surface area contributed by atoms with Crippen LogP contribution in [0.5, 0.6) is 0 Å². The summed E-state index contributed by atoms with van der Waals surface area (Å²) in [5.74, 6) is 1.71. The Labute approximate surface area is 177 Å². The number of aromatic nitrogens is 2. The van der Waals surface area contributed by atoms with Crippen molar-refractivity contribution in [1.82, 2.24) is 19.8 Å². The number of nitrogens with one attached hydrogen (secondary N) is 1. The second-order valence-corrected chi connectivity index (χ2v) is 7.55. The van der Waals surface area contributed by atoms with Gasteiger partial charge in [0.25, 0.3) is 5.91 Å². The summed E-state index contributed by atoms with van der Waals surface area (Å²) < 4.78 is 7.56. The molecule has 5 rings (SSSR count). The van der Waals surface area contributed by atoms with E-state index in [0.29, 0.717) is 12.0 Å². The molecule has 28 heavy (non-hydrogen) atoms. The van der Waals surface area contributed by atoms with Crippen LogP contribution in [0.25, 0.3) is 11.0 Å². The lowest BCUT2D eigenvalue weighted by atomic mass is 10.0. The van der Waals surface area contributed by atoms with Crippen LogP contribution in [-0.4, -0.2) is 72.3 Å². The molecular formula is C19H27Cl2N5O2. The van der Waals surface area contributed by atoms with Gasteiger partial charge in [0.15, 0.2) is 0 Å². The summed E-state index contributed by atoms with van der Waals surface area (Å²) >= 11 is 0. The van der Waals surface area contributed by atoms with Gasteiger partial charge in [-0.2, -0.15) is 0 Å². The van der Waals surface area contributed by atoms with Crippen LogP contribution in [-0.2, 0) is 11.8 Å². The van der Waals surface area contributed by atoms with E-state index < -0.39 is 0 Å². The number of anilines is 1. The van der Waals surface area contributed by atoms with Gasteiger partial charge in [-0.15, -0.1) is 24.8 Å². The van der Waals surface area contributed by atoms with Gasteiger partial charge in [0.05, 0.1) is 24.2 Å². The number of hydrogen-bond acceptors (Lipinski definition) is 5. The molecule has 9 heteroatoms. The Morgan fingerprint density at radius 3 is 2.75 bits per heavy atom. The van der Waals surface area contributed by atoms with Crippen molar-refractivity contribution in [1.29, 1.82) is 0 Å². The number of nitrogens with zero attached hydrogens (tertiary/aromatic N) is 4. The van der Waals surface area contributed by atoms with Crippen molar-refractivity contribution in [2.24, 2.45) is 13.0 Å². The number of amides is 1. The van der Waals surface area contributed by atoms with Gasteiger partial charge in [-0.3, -0.25) is 4.79 Å². The fraction of sp³-hybridized carbons (Fsp3) is 0.579. The van der Waals surface area contributed by atoms with Gasteiger partial charge in [-0.25, -0.2) is 4.98 Å². The van der Waals surface area contributed by atoms with Gasteiger partial charge in [0, 0.05) is 51.4 Å². The van der Waals surface area contributed by atoms with Gasteiger partial charge >= 0.3 is 0 Å². The number of fused-ring (bicyclic) bond motifs is 2. The molecule has 3 fully saturated rings. The number of ether oxygens (including phenoxy) is 1. The lowest BCUT2D eigenvalue weighted by Gasteiger charge is -2.27. The molecule has 0 unspecified atom stereocenters. The van der Waals surface area contributed by atoms with Crippen LogP contribution in [0.3, 0.4) is 0 Å². The number of carbonyl (C=O) groups is 1. The molecule has 2 atom stereocenters. The van der Waals surface area contributed by atoms with Crippen molar-refractivity contribution in [3.8, 4) is 0 Å². The van der Waals surface area contributed by atoms with E-state index in [2.05, 4.69) is 19.7 Å². The van der Waals surface area contributed by atoms with E-state index >= 15 is 0 Å². The Kier molecular flexibility index (Phi) is 6.39. The van der Waals surface area contributed by atoms with Crippen molar-refractivity contribution in [2.45, 2.75) is 12.5 Å². The van der Waals surface area contributed by atoms with Crippen LogP contribution in [0.15, 0.2) is 18.2 Å². The van der Waals surface area contributed by atoms with E-state index in [1.807, 2.05) is 25.2 Å². The smallest absolute Gasteiger partial charge is 0.254 e. The van der Waals surface area contributed by atoms with E-state index in [1.54, 1.807) is 0 Å². The number of imidazole rings is 1. The molecule has 0 bridgehead atoms. The Bertz CT molecular complexity index is 852. The van der Waals surface area contributed by atoms with E-state index in [9.17, 15) is 4.79 Å². The first-order valence-electron chi connectivity index (χ1n) is 9.53. The molecule has 1 aromatic carbocycles. The number of halogens is 2. The normalized spacial score (nSPS) is 24.0. The zero-order chi connectivity index (χ0) is 17.7. The Balaban J connectivity index is 0.00000112. The summed E-state index contributed by atoms with van der Waals surface area (Å²) in [5.41, 5.74) is 2.70. The lowest BCUT2D eigenvalue weighted by molar-refractivity contribution is 0.0737. The molecule has 0 saturated carbocycles. The molecule has 1 N–H and O–H groups in total. The van der Waals surface area contributed by atoms with Crippen LogP contribution < -0.4 is 10.2 Å². The zero-order valence-corrected chi connectivity index (χ0v) is 17.6. The maximum absolute atomic E-state index is 13.1. The van der Waals surface area contributed by atoms with Crippen LogP contribution in [0, 0.1) is 5.92 Å². The monoisotopic (exact) mass is 427 g/mol.